The smallest absolute Gasteiger partial charge is 0.0688 e. The number of aromatic nitrogens is 1. The number of rotatable bonds is 5. The summed E-state index contributed by atoms with van der Waals surface area (Å²) in [4.78, 5) is 5.88. The van der Waals surface area contributed by atoms with Gasteiger partial charge in [-0.2, -0.15) is 0 Å². The minimum absolute atomic E-state index is 0.320. The lowest BCUT2D eigenvalue weighted by Crippen LogP contribution is -2.19. The van der Waals surface area contributed by atoms with Gasteiger partial charge in [-0.1, -0.05) is 24.3 Å². The molecule has 1 heterocycles. The van der Waals surface area contributed by atoms with Crippen molar-refractivity contribution >= 4 is 17.4 Å². The van der Waals surface area contributed by atoms with Crippen LogP contribution in [0.5, 0.6) is 0 Å². The number of nitrogens with one attached hydrogen (secondary N) is 1. The number of nitrogens with zero attached hydrogens (tertiary/aromatic N) is 1. The molecule has 1 aliphatic rings. The maximum atomic E-state index is 4.60. The van der Waals surface area contributed by atoms with Crippen LogP contribution in [0.2, 0.25) is 0 Å². The van der Waals surface area contributed by atoms with Crippen molar-refractivity contribution in [2.24, 2.45) is 0 Å². The van der Waals surface area contributed by atoms with E-state index in [2.05, 4.69) is 47.2 Å². The highest BCUT2D eigenvalue weighted by atomic mass is 32.2. The average molecular weight is 296 g/mol. The lowest BCUT2D eigenvalue weighted by atomic mass is 9.92. The predicted octanol–water partition coefficient (Wildman–Crippen LogP) is 4.85. The van der Waals surface area contributed by atoms with Crippen molar-refractivity contribution in [2.45, 2.75) is 30.2 Å². The first-order valence-corrected chi connectivity index (χ1v) is 8.40. The molecule has 0 saturated carbocycles. The number of thioether (sulfide) groups is 1. The number of hydrogen-bond donors (Lipinski definition) is 1. The summed E-state index contributed by atoms with van der Waals surface area (Å²) in [5, 5.41) is 3.70. The summed E-state index contributed by atoms with van der Waals surface area (Å²) in [5.74, 6) is 0.929. The summed E-state index contributed by atoms with van der Waals surface area (Å²) < 4.78 is 0. The van der Waals surface area contributed by atoms with Crippen molar-refractivity contribution in [3.8, 4) is 0 Å². The molecule has 21 heavy (non-hydrogen) atoms. The van der Waals surface area contributed by atoms with E-state index in [1.165, 1.54) is 28.3 Å². The monoisotopic (exact) mass is 296 g/mol. The van der Waals surface area contributed by atoms with Gasteiger partial charge >= 0.3 is 0 Å². The first-order valence-electron chi connectivity index (χ1n) is 7.41. The minimum atomic E-state index is 0.320. The maximum Gasteiger partial charge on any atom is 0.0688 e. The van der Waals surface area contributed by atoms with Gasteiger partial charge in [0.2, 0.25) is 0 Å². The molecular weight excluding hydrogens is 276 g/mol. The maximum absolute atomic E-state index is 4.60. The fourth-order valence-electron chi connectivity index (χ4n) is 2.80. The summed E-state index contributed by atoms with van der Waals surface area (Å²) in [7, 11) is 0. The number of pyridine rings is 1. The molecule has 0 spiro atoms. The Kier molecular flexibility index (Phi) is 4.61. The van der Waals surface area contributed by atoms with Crippen molar-refractivity contribution in [3.05, 3.63) is 66.5 Å². The van der Waals surface area contributed by atoms with Gasteiger partial charge in [-0.25, -0.2) is 0 Å². The normalized spacial score (nSPS) is 17.0. The summed E-state index contributed by atoms with van der Waals surface area (Å²) in [5.41, 5.74) is 3.80. The van der Waals surface area contributed by atoms with Crippen molar-refractivity contribution in [2.75, 3.05) is 11.1 Å². The zero-order chi connectivity index (χ0) is 14.5. The lowest BCUT2D eigenvalue weighted by Gasteiger charge is -2.26. The van der Waals surface area contributed by atoms with E-state index in [0.29, 0.717) is 6.04 Å². The van der Waals surface area contributed by atoms with E-state index in [-0.39, 0.29) is 0 Å². The quantitative estimate of drug-likeness (QED) is 0.630. The van der Waals surface area contributed by atoms with Gasteiger partial charge in [0.25, 0.3) is 0 Å². The Hall–Kier alpha value is -1.74. The van der Waals surface area contributed by atoms with Gasteiger partial charge in [0.05, 0.1) is 11.7 Å². The molecule has 108 valence electrons. The standard InChI is InChI=1S/C18H20N2S/c1-2-13-21-17-11-4-3-9-15(17)20-16-10-5-7-14-8-6-12-19-18(14)16/h2-4,6,8-9,11-12,16,20H,1,5,7,10,13H2. The Balaban J connectivity index is 1.83. The third kappa shape index (κ3) is 3.30. The van der Waals surface area contributed by atoms with Crippen LogP contribution in [-0.2, 0) is 6.42 Å². The number of hydrogen-bond acceptors (Lipinski definition) is 3. The van der Waals surface area contributed by atoms with E-state index in [0.717, 1.165) is 18.6 Å². The van der Waals surface area contributed by atoms with Crippen LogP contribution in [0.4, 0.5) is 5.69 Å². The average Bonchev–Trinajstić information content (AvgIpc) is 2.54. The Morgan fingerprint density at radius 1 is 1.29 bits per heavy atom. The third-order valence-corrected chi connectivity index (χ3v) is 4.84. The fourth-order valence-corrected chi connectivity index (χ4v) is 3.55. The molecule has 2 aromatic rings. The van der Waals surface area contributed by atoms with Crippen molar-refractivity contribution in [1.82, 2.24) is 4.98 Å². The number of anilines is 1. The van der Waals surface area contributed by atoms with E-state index >= 15 is 0 Å². The van der Waals surface area contributed by atoms with Crippen LogP contribution >= 0.6 is 11.8 Å². The molecule has 3 rings (SSSR count). The summed E-state index contributed by atoms with van der Waals surface area (Å²) in [6, 6.07) is 13.1. The van der Waals surface area contributed by atoms with E-state index in [4.69, 9.17) is 0 Å². The molecule has 1 aromatic carbocycles. The van der Waals surface area contributed by atoms with E-state index in [1.54, 1.807) is 0 Å². The van der Waals surface area contributed by atoms with Crippen LogP contribution < -0.4 is 5.32 Å². The highest BCUT2D eigenvalue weighted by Gasteiger charge is 2.21. The van der Waals surface area contributed by atoms with Gasteiger partial charge in [0, 0.05) is 22.5 Å². The molecule has 1 aliphatic carbocycles. The minimum Gasteiger partial charge on any atom is -0.376 e. The summed E-state index contributed by atoms with van der Waals surface area (Å²) in [6.45, 7) is 3.80. The number of aryl methyl sites for hydroxylation is 1. The molecule has 0 saturated heterocycles. The van der Waals surface area contributed by atoms with Crippen LogP contribution in [0.15, 0.2) is 60.1 Å². The zero-order valence-electron chi connectivity index (χ0n) is 12.1. The van der Waals surface area contributed by atoms with E-state index in [1.807, 2.05) is 30.1 Å². The molecule has 1 aromatic heterocycles. The van der Waals surface area contributed by atoms with Crippen molar-refractivity contribution < 1.29 is 0 Å². The molecular formula is C18H20N2S. The molecule has 2 nitrogen and oxygen atoms in total. The first-order chi connectivity index (χ1) is 10.4. The molecule has 0 amide bonds. The number of benzene rings is 1. The Labute approximate surface area is 130 Å². The number of para-hydroxylation sites is 1. The van der Waals surface area contributed by atoms with Crippen molar-refractivity contribution in [3.63, 3.8) is 0 Å². The molecule has 1 atom stereocenters. The second kappa shape index (κ2) is 6.81. The third-order valence-electron chi connectivity index (χ3n) is 3.77. The predicted molar refractivity (Wildman–Crippen MR) is 90.9 cm³/mol. The SMILES string of the molecule is C=CCSc1ccccc1NC1CCCc2cccnc21. The van der Waals surface area contributed by atoms with Gasteiger partial charge in [-0.15, -0.1) is 18.3 Å². The summed E-state index contributed by atoms with van der Waals surface area (Å²) in [6.07, 6.45) is 7.35. The van der Waals surface area contributed by atoms with Crippen LogP contribution in [0.25, 0.3) is 0 Å². The zero-order valence-corrected chi connectivity index (χ0v) is 12.9. The number of fused-ring (bicyclic) bond motifs is 1. The molecule has 3 heteroatoms. The van der Waals surface area contributed by atoms with E-state index < -0.39 is 0 Å². The van der Waals surface area contributed by atoms with Crippen LogP contribution in [0.1, 0.15) is 30.1 Å². The van der Waals surface area contributed by atoms with Gasteiger partial charge in [-0.05, 0) is 43.0 Å². The molecule has 1 N–H and O–H groups in total. The second-order valence-corrected chi connectivity index (χ2v) is 6.29. The second-order valence-electron chi connectivity index (χ2n) is 5.23. The Bertz CT molecular complexity index is 624. The van der Waals surface area contributed by atoms with Gasteiger partial charge in [-0.3, -0.25) is 4.98 Å². The van der Waals surface area contributed by atoms with Crippen LogP contribution in [0, 0.1) is 0 Å². The largest absolute Gasteiger partial charge is 0.376 e. The van der Waals surface area contributed by atoms with E-state index in [9.17, 15) is 0 Å². The molecule has 0 radical (unpaired) electrons. The Morgan fingerprint density at radius 2 is 2.19 bits per heavy atom. The van der Waals surface area contributed by atoms with Gasteiger partial charge in [0.1, 0.15) is 0 Å². The summed E-state index contributed by atoms with van der Waals surface area (Å²) >= 11 is 1.82. The van der Waals surface area contributed by atoms with Gasteiger partial charge < -0.3 is 5.32 Å². The Morgan fingerprint density at radius 3 is 3.10 bits per heavy atom. The highest BCUT2D eigenvalue weighted by molar-refractivity contribution is 7.99. The fraction of sp³-hybridized carbons (Fsp3) is 0.278. The molecule has 1 unspecified atom stereocenters. The van der Waals surface area contributed by atoms with Crippen molar-refractivity contribution in [1.29, 1.82) is 0 Å². The van der Waals surface area contributed by atoms with Crippen LogP contribution in [0.3, 0.4) is 0 Å². The molecule has 0 bridgehead atoms. The molecule has 0 fully saturated rings. The molecule has 0 aliphatic heterocycles. The van der Waals surface area contributed by atoms with Crippen LogP contribution in [-0.4, -0.2) is 10.7 Å². The first kappa shape index (κ1) is 14.2. The van der Waals surface area contributed by atoms with Gasteiger partial charge in [0.15, 0.2) is 0 Å². The highest BCUT2D eigenvalue weighted by Crippen LogP contribution is 2.34. The lowest BCUT2D eigenvalue weighted by molar-refractivity contribution is 0.582. The topological polar surface area (TPSA) is 24.9 Å².